The molecule has 0 bridgehead atoms. The van der Waals surface area contributed by atoms with Crippen molar-refractivity contribution >= 4 is 38.9 Å². The molecule has 2 heterocycles. The molecule has 0 aliphatic carbocycles. The van der Waals surface area contributed by atoms with Gasteiger partial charge in [0.05, 0.1) is 17.1 Å². The molecule has 0 radical (unpaired) electrons. The Labute approximate surface area is 157 Å². The summed E-state index contributed by atoms with van der Waals surface area (Å²) in [6.45, 7) is 1.15. The molecule has 1 amide bonds. The van der Waals surface area contributed by atoms with E-state index in [0.717, 1.165) is 12.1 Å². The Balaban J connectivity index is 1.68. The van der Waals surface area contributed by atoms with Crippen LogP contribution in [0.3, 0.4) is 0 Å². The Bertz CT molecular complexity index is 960. The fourth-order valence-corrected chi connectivity index (χ4v) is 4.88. The van der Waals surface area contributed by atoms with Crippen molar-refractivity contribution in [3.63, 3.8) is 0 Å². The van der Waals surface area contributed by atoms with Crippen molar-refractivity contribution in [3.05, 3.63) is 47.5 Å². The summed E-state index contributed by atoms with van der Waals surface area (Å²) in [5, 5.41) is 0.442. The highest BCUT2D eigenvalue weighted by molar-refractivity contribution is 7.92. The normalized spacial score (nSPS) is 17.2. The highest BCUT2D eigenvalue weighted by Gasteiger charge is 2.31. The summed E-state index contributed by atoms with van der Waals surface area (Å²) in [7, 11) is -3.75. The first-order chi connectivity index (χ1) is 12.5. The molecule has 0 aromatic heterocycles. The van der Waals surface area contributed by atoms with E-state index >= 15 is 0 Å². The van der Waals surface area contributed by atoms with Crippen molar-refractivity contribution in [2.45, 2.75) is 17.7 Å². The Morgan fingerprint density at radius 3 is 2.50 bits per heavy atom. The van der Waals surface area contributed by atoms with Crippen LogP contribution in [0.15, 0.2) is 47.4 Å². The molecule has 1 saturated heterocycles. The number of benzene rings is 2. The molecule has 26 heavy (non-hydrogen) atoms. The van der Waals surface area contributed by atoms with Gasteiger partial charge in [-0.1, -0.05) is 11.6 Å². The molecule has 2 aliphatic rings. The monoisotopic (exact) mass is 392 g/mol. The van der Waals surface area contributed by atoms with E-state index in [0.29, 0.717) is 29.4 Å². The quantitative estimate of drug-likeness (QED) is 0.805. The molecule has 2 aromatic rings. The Morgan fingerprint density at radius 2 is 1.81 bits per heavy atom. The van der Waals surface area contributed by atoms with Crippen LogP contribution in [0.25, 0.3) is 0 Å². The first kappa shape index (κ1) is 17.2. The minimum atomic E-state index is -3.75. The van der Waals surface area contributed by atoms with Crippen LogP contribution in [0.4, 0.5) is 11.4 Å². The molecular weight excluding hydrogens is 376 g/mol. The van der Waals surface area contributed by atoms with E-state index in [1.165, 1.54) is 16.4 Å². The number of carbonyl (C=O) groups excluding carboxylic acids is 1. The van der Waals surface area contributed by atoms with E-state index in [1.54, 1.807) is 35.2 Å². The van der Waals surface area contributed by atoms with E-state index < -0.39 is 10.0 Å². The van der Waals surface area contributed by atoms with Gasteiger partial charge in [-0.15, -0.1) is 0 Å². The van der Waals surface area contributed by atoms with Gasteiger partial charge in [0.1, 0.15) is 12.4 Å². The van der Waals surface area contributed by atoms with Crippen LogP contribution < -0.4 is 13.9 Å². The molecule has 0 atom stereocenters. The van der Waals surface area contributed by atoms with E-state index in [1.807, 2.05) is 0 Å². The molecule has 0 N–H and O–H groups in total. The molecule has 6 nitrogen and oxygen atoms in total. The van der Waals surface area contributed by atoms with Gasteiger partial charge in [0.2, 0.25) is 5.91 Å². The number of carbonyl (C=O) groups is 1. The van der Waals surface area contributed by atoms with E-state index in [-0.39, 0.29) is 24.0 Å². The lowest BCUT2D eigenvalue weighted by Crippen LogP contribution is -2.37. The maximum absolute atomic E-state index is 13.1. The van der Waals surface area contributed by atoms with Crippen LogP contribution in [0.1, 0.15) is 12.8 Å². The van der Waals surface area contributed by atoms with Crippen molar-refractivity contribution in [2.75, 3.05) is 28.9 Å². The van der Waals surface area contributed by atoms with Gasteiger partial charge in [0.25, 0.3) is 10.0 Å². The number of sulfonamides is 1. The highest BCUT2D eigenvalue weighted by atomic mass is 35.5. The zero-order valence-corrected chi connectivity index (χ0v) is 15.5. The van der Waals surface area contributed by atoms with Crippen molar-refractivity contribution in [2.24, 2.45) is 0 Å². The van der Waals surface area contributed by atoms with E-state index in [4.69, 9.17) is 16.3 Å². The van der Waals surface area contributed by atoms with Gasteiger partial charge in [-0.2, -0.15) is 0 Å². The Hall–Kier alpha value is -2.25. The van der Waals surface area contributed by atoms with Crippen LogP contribution in [-0.2, 0) is 14.8 Å². The minimum absolute atomic E-state index is 0.0670. The predicted octanol–water partition coefficient (Wildman–Crippen LogP) is 3.05. The molecule has 0 unspecified atom stereocenters. The van der Waals surface area contributed by atoms with E-state index in [9.17, 15) is 13.2 Å². The van der Waals surface area contributed by atoms with Gasteiger partial charge in [-0.25, -0.2) is 8.42 Å². The van der Waals surface area contributed by atoms with Crippen molar-refractivity contribution in [1.29, 1.82) is 0 Å². The maximum atomic E-state index is 13.1. The number of rotatable bonds is 3. The number of amides is 1. The van der Waals surface area contributed by atoms with Crippen molar-refractivity contribution in [3.8, 4) is 5.75 Å². The number of anilines is 2. The summed E-state index contributed by atoms with van der Waals surface area (Å²) >= 11 is 6.03. The summed E-state index contributed by atoms with van der Waals surface area (Å²) in [5.74, 6) is 0.556. The zero-order valence-electron chi connectivity index (χ0n) is 13.9. The van der Waals surface area contributed by atoms with Gasteiger partial charge in [-0.05, 0) is 48.9 Å². The predicted molar refractivity (Wildman–Crippen MR) is 99.5 cm³/mol. The number of hydrogen-bond donors (Lipinski definition) is 0. The fourth-order valence-electron chi connectivity index (χ4n) is 3.26. The number of fused-ring (bicyclic) bond motifs is 1. The summed E-state index contributed by atoms with van der Waals surface area (Å²) in [6.07, 6.45) is 1.36. The second-order valence-electron chi connectivity index (χ2n) is 6.18. The molecule has 1 fully saturated rings. The van der Waals surface area contributed by atoms with Gasteiger partial charge in [-0.3, -0.25) is 9.10 Å². The van der Waals surface area contributed by atoms with Crippen molar-refractivity contribution < 1.29 is 17.9 Å². The molecule has 2 aliphatic heterocycles. The summed E-state index contributed by atoms with van der Waals surface area (Å²) in [4.78, 5) is 13.7. The van der Waals surface area contributed by atoms with E-state index in [2.05, 4.69) is 0 Å². The number of halogens is 1. The second kappa shape index (κ2) is 6.48. The second-order valence-corrected chi connectivity index (χ2v) is 8.48. The lowest BCUT2D eigenvalue weighted by Gasteiger charge is -2.30. The molecule has 2 aromatic carbocycles. The van der Waals surface area contributed by atoms with Gasteiger partial charge in [0.15, 0.2) is 0 Å². The van der Waals surface area contributed by atoms with Crippen molar-refractivity contribution in [1.82, 2.24) is 0 Å². The van der Waals surface area contributed by atoms with Crippen LogP contribution in [0.2, 0.25) is 5.02 Å². The average Bonchev–Trinajstić information content (AvgIpc) is 3.07. The molecule has 8 heteroatoms. The third-order valence-corrected chi connectivity index (χ3v) is 6.61. The summed E-state index contributed by atoms with van der Waals surface area (Å²) < 4.78 is 33.1. The van der Waals surface area contributed by atoms with Crippen LogP contribution >= 0.6 is 11.6 Å². The lowest BCUT2D eigenvalue weighted by atomic mass is 10.2. The van der Waals surface area contributed by atoms with Crippen LogP contribution in [-0.4, -0.2) is 34.0 Å². The molecule has 0 saturated carbocycles. The number of nitrogens with zero attached hydrogens (tertiary/aromatic N) is 2. The summed E-state index contributed by atoms with van der Waals surface area (Å²) in [6, 6.07) is 11.3. The third kappa shape index (κ3) is 2.91. The highest BCUT2D eigenvalue weighted by Crippen LogP contribution is 2.37. The van der Waals surface area contributed by atoms with Gasteiger partial charge in [0, 0.05) is 23.7 Å². The van der Waals surface area contributed by atoms with Gasteiger partial charge >= 0.3 is 0 Å². The molecular formula is C18H17ClN2O4S. The van der Waals surface area contributed by atoms with Crippen LogP contribution in [0, 0.1) is 0 Å². The molecule has 0 spiro atoms. The Morgan fingerprint density at radius 1 is 1.04 bits per heavy atom. The smallest absolute Gasteiger partial charge is 0.264 e. The number of ether oxygens (including phenoxy) is 1. The lowest BCUT2D eigenvalue weighted by molar-refractivity contribution is -0.117. The standard InChI is InChI=1S/C18H17ClN2O4S/c19-13-3-8-17-16(12-13)21(10-11-25-17)26(23,24)15-6-4-14(5-7-15)20-9-1-2-18(20)22/h3-8,12H,1-2,9-11H2. The zero-order chi connectivity index (χ0) is 18.3. The molecule has 136 valence electrons. The third-order valence-electron chi connectivity index (χ3n) is 4.55. The van der Waals surface area contributed by atoms with Gasteiger partial charge < -0.3 is 9.64 Å². The SMILES string of the molecule is O=C1CCCN1c1ccc(S(=O)(=O)N2CCOc3ccc(Cl)cc32)cc1. The first-order valence-electron chi connectivity index (χ1n) is 8.32. The summed E-state index contributed by atoms with van der Waals surface area (Å²) in [5.41, 5.74) is 1.15. The largest absolute Gasteiger partial charge is 0.489 e. The first-order valence-corrected chi connectivity index (χ1v) is 10.1. The Kier molecular flexibility index (Phi) is 4.28. The molecule has 4 rings (SSSR count). The maximum Gasteiger partial charge on any atom is 0.264 e. The fraction of sp³-hybridized carbons (Fsp3) is 0.278. The topological polar surface area (TPSA) is 66.9 Å². The van der Waals surface area contributed by atoms with Crippen LogP contribution in [0.5, 0.6) is 5.75 Å². The minimum Gasteiger partial charge on any atom is -0.489 e. The number of hydrogen-bond acceptors (Lipinski definition) is 4. The average molecular weight is 393 g/mol.